The van der Waals surface area contributed by atoms with Gasteiger partial charge in [-0.15, -0.1) is 0 Å². The molecule has 104 valence electrons. The molecule has 0 spiro atoms. The largest absolute Gasteiger partial charge is 0.373 e. The first-order valence-electron chi connectivity index (χ1n) is 6.94. The highest BCUT2D eigenvalue weighted by Crippen LogP contribution is 2.20. The van der Waals surface area contributed by atoms with E-state index in [0.717, 1.165) is 26.2 Å². The van der Waals surface area contributed by atoms with Crippen molar-refractivity contribution in [3.8, 4) is 0 Å². The molecular weight excluding hydrogens is 230 g/mol. The van der Waals surface area contributed by atoms with Crippen LogP contribution in [-0.2, 0) is 9.53 Å². The van der Waals surface area contributed by atoms with Crippen molar-refractivity contribution in [1.29, 1.82) is 0 Å². The zero-order chi connectivity index (χ0) is 13.1. The lowest BCUT2D eigenvalue weighted by Gasteiger charge is -2.38. The van der Waals surface area contributed by atoms with Crippen LogP contribution in [0.4, 0.5) is 0 Å². The Morgan fingerprint density at radius 1 is 1.33 bits per heavy atom. The maximum Gasteiger partial charge on any atom is 0.231 e. The predicted molar refractivity (Wildman–Crippen MR) is 70.2 cm³/mol. The van der Waals surface area contributed by atoms with Gasteiger partial charge in [0.1, 0.15) is 0 Å². The summed E-state index contributed by atoms with van der Waals surface area (Å²) in [6.07, 6.45) is 2.96. The molecule has 0 saturated carbocycles. The van der Waals surface area contributed by atoms with Crippen molar-refractivity contribution in [2.75, 3.05) is 32.7 Å². The fraction of sp³-hybridized carbons (Fsp3) is 0.923. The molecule has 0 aromatic heterocycles. The number of nitrogens with zero attached hydrogens (tertiary/aromatic N) is 2. The van der Waals surface area contributed by atoms with Gasteiger partial charge < -0.3 is 10.5 Å². The number of carbonyl (C=O) groups excluding carboxylic acids is 1. The van der Waals surface area contributed by atoms with E-state index in [2.05, 4.69) is 23.6 Å². The molecule has 2 saturated heterocycles. The SMILES string of the molecule is C[C@@H]1CN(C[C@H]2CCCN2CC(N)=O)C[C@@H](C)O1. The number of carbonyl (C=O) groups is 1. The fourth-order valence-corrected chi connectivity index (χ4v) is 3.24. The van der Waals surface area contributed by atoms with E-state index in [9.17, 15) is 4.79 Å². The molecule has 5 nitrogen and oxygen atoms in total. The quantitative estimate of drug-likeness (QED) is 0.771. The van der Waals surface area contributed by atoms with Crippen LogP contribution in [0.15, 0.2) is 0 Å². The summed E-state index contributed by atoms with van der Waals surface area (Å²) in [5.41, 5.74) is 5.30. The van der Waals surface area contributed by atoms with Gasteiger partial charge in [-0.2, -0.15) is 0 Å². The van der Waals surface area contributed by atoms with Crippen molar-refractivity contribution >= 4 is 5.91 Å². The second-order valence-electron chi connectivity index (χ2n) is 5.71. The van der Waals surface area contributed by atoms with Crippen molar-refractivity contribution in [2.24, 2.45) is 5.73 Å². The van der Waals surface area contributed by atoms with Crippen molar-refractivity contribution in [3.63, 3.8) is 0 Å². The van der Waals surface area contributed by atoms with Crippen LogP contribution in [0.25, 0.3) is 0 Å². The topological polar surface area (TPSA) is 58.8 Å². The van der Waals surface area contributed by atoms with Crippen LogP contribution in [-0.4, -0.2) is 66.7 Å². The predicted octanol–water partition coefficient (Wildman–Crippen LogP) is 0.0453. The number of ether oxygens (including phenoxy) is 1. The first-order valence-corrected chi connectivity index (χ1v) is 6.94. The molecule has 0 unspecified atom stereocenters. The Kier molecular flexibility index (Phi) is 4.59. The van der Waals surface area contributed by atoms with Gasteiger partial charge in [0.15, 0.2) is 0 Å². The molecule has 3 atom stereocenters. The normalized spacial score (nSPS) is 34.9. The Labute approximate surface area is 109 Å². The highest BCUT2D eigenvalue weighted by Gasteiger charge is 2.30. The molecule has 18 heavy (non-hydrogen) atoms. The molecule has 2 N–H and O–H groups in total. The van der Waals surface area contributed by atoms with Crippen LogP contribution in [0.3, 0.4) is 0 Å². The third-order valence-corrected chi connectivity index (χ3v) is 3.82. The highest BCUT2D eigenvalue weighted by molar-refractivity contribution is 5.76. The van der Waals surface area contributed by atoms with Crippen LogP contribution in [0.5, 0.6) is 0 Å². The maximum absolute atomic E-state index is 11.0. The lowest BCUT2D eigenvalue weighted by atomic mass is 10.1. The monoisotopic (exact) mass is 255 g/mol. The molecule has 2 heterocycles. The number of amides is 1. The Balaban J connectivity index is 1.85. The third-order valence-electron chi connectivity index (χ3n) is 3.82. The summed E-state index contributed by atoms with van der Waals surface area (Å²) in [4.78, 5) is 15.7. The average molecular weight is 255 g/mol. The van der Waals surface area contributed by atoms with Gasteiger partial charge in [-0.25, -0.2) is 0 Å². The minimum absolute atomic E-state index is 0.217. The van der Waals surface area contributed by atoms with Crippen LogP contribution >= 0.6 is 0 Å². The Morgan fingerprint density at radius 2 is 2.00 bits per heavy atom. The molecule has 5 heteroatoms. The molecular formula is C13H25N3O2. The van der Waals surface area contributed by atoms with Crippen molar-refractivity contribution < 1.29 is 9.53 Å². The van der Waals surface area contributed by atoms with Gasteiger partial charge in [0.25, 0.3) is 0 Å². The maximum atomic E-state index is 11.0. The van der Waals surface area contributed by atoms with Crippen molar-refractivity contribution in [2.45, 2.75) is 44.9 Å². The van der Waals surface area contributed by atoms with Gasteiger partial charge in [0.05, 0.1) is 18.8 Å². The number of morpholine rings is 1. The summed E-state index contributed by atoms with van der Waals surface area (Å²) in [7, 11) is 0. The average Bonchev–Trinajstić information content (AvgIpc) is 2.63. The number of likely N-dealkylation sites (tertiary alicyclic amines) is 1. The van der Waals surface area contributed by atoms with Crippen LogP contribution in [0, 0.1) is 0 Å². The first-order chi connectivity index (χ1) is 8.54. The fourth-order valence-electron chi connectivity index (χ4n) is 3.24. The second-order valence-corrected chi connectivity index (χ2v) is 5.71. The minimum Gasteiger partial charge on any atom is -0.373 e. The van der Waals surface area contributed by atoms with E-state index in [0.29, 0.717) is 24.8 Å². The Morgan fingerprint density at radius 3 is 2.61 bits per heavy atom. The molecule has 2 fully saturated rings. The summed E-state index contributed by atoms with van der Waals surface area (Å²) in [6.45, 7) is 8.67. The van der Waals surface area contributed by atoms with Gasteiger partial charge in [-0.1, -0.05) is 0 Å². The summed E-state index contributed by atoms with van der Waals surface area (Å²) < 4.78 is 5.74. The van der Waals surface area contributed by atoms with Crippen LogP contribution < -0.4 is 5.73 Å². The van der Waals surface area contributed by atoms with Gasteiger partial charge in [-0.3, -0.25) is 14.6 Å². The zero-order valence-electron chi connectivity index (χ0n) is 11.5. The van der Waals surface area contributed by atoms with Crippen molar-refractivity contribution in [1.82, 2.24) is 9.80 Å². The molecule has 2 aliphatic heterocycles. The summed E-state index contributed by atoms with van der Waals surface area (Å²) in [5.74, 6) is -0.217. The Bertz CT molecular complexity index is 288. The summed E-state index contributed by atoms with van der Waals surface area (Å²) in [6, 6.07) is 0.481. The van der Waals surface area contributed by atoms with Gasteiger partial charge in [0.2, 0.25) is 5.91 Å². The number of nitrogens with two attached hydrogens (primary N) is 1. The van der Waals surface area contributed by atoms with E-state index in [-0.39, 0.29) is 5.91 Å². The van der Waals surface area contributed by atoms with Gasteiger partial charge >= 0.3 is 0 Å². The molecule has 0 aromatic rings. The third kappa shape index (κ3) is 3.67. The van der Waals surface area contributed by atoms with Crippen LogP contribution in [0.2, 0.25) is 0 Å². The zero-order valence-corrected chi connectivity index (χ0v) is 11.5. The number of hydrogen-bond donors (Lipinski definition) is 1. The van der Waals surface area contributed by atoms with E-state index in [4.69, 9.17) is 10.5 Å². The summed E-state index contributed by atoms with van der Waals surface area (Å²) >= 11 is 0. The molecule has 2 aliphatic rings. The van der Waals surface area contributed by atoms with E-state index < -0.39 is 0 Å². The lowest BCUT2D eigenvalue weighted by molar-refractivity contribution is -0.119. The van der Waals surface area contributed by atoms with Gasteiger partial charge in [-0.05, 0) is 33.2 Å². The van der Waals surface area contributed by atoms with Gasteiger partial charge in [0, 0.05) is 25.7 Å². The molecule has 1 amide bonds. The highest BCUT2D eigenvalue weighted by atomic mass is 16.5. The standard InChI is InChI=1S/C13H25N3O2/c1-10-6-15(7-11(2)18-10)8-12-4-3-5-16(12)9-13(14)17/h10-12H,3-9H2,1-2H3,(H2,14,17)/t10-,11-,12-/m1/s1. The number of hydrogen-bond acceptors (Lipinski definition) is 4. The molecule has 0 radical (unpaired) electrons. The molecule has 0 aromatic carbocycles. The molecule has 0 bridgehead atoms. The summed E-state index contributed by atoms with van der Waals surface area (Å²) in [5, 5.41) is 0. The molecule has 0 aliphatic carbocycles. The van der Waals surface area contributed by atoms with E-state index in [1.165, 1.54) is 12.8 Å². The lowest BCUT2D eigenvalue weighted by Crippen LogP contribution is -2.50. The minimum atomic E-state index is -0.217. The van der Waals surface area contributed by atoms with E-state index >= 15 is 0 Å². The second kappa shape index (κ2) is 5.99. The number of primary amides is 1. The van der Waals surface area contributed by atoms with Crippen molar-refractivity contribution in [3.05, 3.63) is 0 Å². The first kappa shape index (κ1) is 13.8. The van der Waals surface area contributed by atoms with Crippen LogP contribution in [0.1, 0.15) is 26.7 Å². The number of rotatable bonds is 4. The van der Waals surface area contributed by atoms with E-state index in [1.54, 1.807) is 0 Å². The Hall–Kier alpha value is -0.650. The van der Waals surface area contributed by atoms with E-state index in [1.807, 2.05) is 0 Å². The molecule has 2 rings (SSSR count). The smallest absolute Gasteiger partial charge is 0.231 e.